The molecule has 0 radical (unpaired) electrons. The summed E-state index contributed by atoms with van der Waals surface area (Å²) >= 11 is 3.35. The molecule has 0 aromatic carbocycles. The molecule has 1 atom stereocenters. The Balaban J connectivity index is 1.90. The van der Waals surface area contributed by atoms with Crippen molar-refractivity contribution in [1.29, 1.82) is 0 Å². The molecule has 0 aliphatic heterocycles. The van der Waals surface area contributed by atoms with Crippen LogP contribution in [0.5, 0.6) is 0 Å². The number of aromatic nitrogens is 2. The van der Waals surface area contributed by atoms with Gasteiger partial charge in [0.15, 0.2) is 0 Å². The lowest BCUT2D eigenvalue weighted by Gasteiger charge is -2.07. The van der Waals surface area contributed by atoms with Crippen molar-refractivity contribution < 1.29 is 0 Å². The van der Waals surface area contributed by atoms with Crippen LogP contribution in [-0.2, 0) is 12.8 Å². The van der Waals surface area contributed by atoms with E-state index in [9.17, 15) is 0 Å². The lowest BCUT2D eigenvalue weighted by atomic mass is 10.1. The minimum Gasteiger partial charge on any atom is -0.327 e. The largest absolute Gasteiger partial charge is 0.327 e. The van der Waals surface area contributed by atoms with Crippen LogP contribution in [0.15, 0.2) is 17.1 Å². The molecule has 5 heteroatoms. The zero-order valence-electron chi connectivity index (χ0n) is 8.51. The minimum absolute atomic E-state index is 0.149. The number of hydrogen-bond donors (Lipinski definition) is 1. The summed E-state index contributed by atoms with van der Waals surface area (Å²) < 4.78 is 0. The van der Waals surface area contributed by atoms with Crippen LogP contribution in [-0.4, -0.2) is 16.0 Å². The van der Waals surface area contributed by atoms with Crippen molar-refractivity contribution in [3.05, 3.63) is 32.7 Å². The number of nitrogens with two attached hydrogens (primary N) is 1. The van der Waals surface area contributed by atoms with Crippen LogP contribution in [0, 0.1) is 6.92 Å². The fourth-order valence-electron chi connectivity index (χ4n) is 1.39. The highest BCUT2D eigenvalue weighted by molar-refractivity contribution is 7.09. The van der Waals surface area contributed by atoms with Crippen molar-refractivity contribution in [3.63, 3.8) is 0 Å². The van der Waals surface area contributed by atoms with Gasteiger partial charge in [-0.05, 0) is 13.3 Å². The van der Waals surface area contributed by atoms with Crippen molar-refractivity contribution in [2.75, 3.05) is 0 Å². The van der Waals surface area contributed by atoms with E-state index in [-0.39, 0.29) is 6.04 Å². The molecule has 2 heterocycles. The van der Waals surface area contributed by atoms with E-state index < -0.39 is 0 Å². The number of nitrogens with zero attached hydrogens (tertiary/aromatic N) is 2. The Morgan fingerprint density at radius 2 is 2.27 bits per heavy atom. The molecule has 0 saturated heterocycles. The van der Waals surface area contributed by atoms with E-state index >= 15 is 0 Å². The van der Waals surface area contributed by atoms with Gasteiger partial charge < -0.3 is 5.73 Å². The van der Waals surface area contributed by atoms with Gasteiger partial charge in [-0.15, -0.1) is 22.7 Å². The van der Waals surface area contributed by atoms with E-state index in [0.717, 1.165) is 23.5 Å². The highest BCUT2D eigenvalue weighted by Gasteiger charge is 2.08. The van der Waals surface area contributed by atoms with Gasteiger partial charge in [0, 0.05) is 34.6 Å². The SMILES string of the molecule is Cc1csc(CC(N)Cc2cncs2)n1. The first-order chi connectivity index (χ1) is 7.24. The van der Waals surface area contributed by atoms with E-state index in [1.54, 1.807) is 22.7 Å². The lowest BCUT2D eigenvalue weighted by Crippen LogP contribution is -2.25. The molecule has 2 aromatic heterocycles. The van der Waals surface area contributed by atoms with E-state index in [4.69, 9.17) is 5.73 Å². The number of thiazole rings is 2. The fourth-order valence-corrected chi connectivity index (χ4v) is 2.95. The van der Waals surface area contributed by atoms with Gasteiger partial charge in [-0.3, -0.25) is 4.98 Å². The highest BCUT2D eigenvalue weighted by atomic mass is 32.1. The average Bonchev–Trinajstić information content (AvgIpc) is 2.77. The molecular formula is C10H13N3S2. The number of hydrogen-bond acceptors (Lipinski definition) is 5. The summed E-state index contributed by atoms with van der Waals surface area (Å²) in [6.45, 7) is 2.01. The van der Waals surface area contributed by atoms with Crippen molar-refractivity contribution in [2.45, 2.75) is 25.8 Å². The fraction of sp³-hybridized carbons (Fsp3) is 0.400. The molecule has 3 nitrogen and oxygen atoms in total. The molecule has 0 amide bonds. The zero-order chi connectivity index (χ0) is 10.7. The van der Waals surface area contributed by atoms with Gasteiger partial charge >= 0.3 is 0 Å². The predicted octanol–water partition coefficient (Wildman–Crippen LogP) is 2.02. The Morgan fingerprint density at radius 1 is 1.40 bits per heavy atom. The Morgan fingerprint density at radius 3 is 2.87 bits per heavy atom. The van der Waals surface area contributed by atoms with Crippen LogP contribution in [0.2, 0.25) is 0 Å². The van der Waals surface area contributed by atoms with Crippen LogP contribution < -0.4 is 5.73 Å². The second-order valence-electron chi connectivity index (χ2n) is 3.52. The molecule has 80 valence electrons. The van der Waals surface area contributed by atoms with Gasteiger partial charge in [0.2, 0.25) is 0 Å². The summed E-state index contributed by atoms with van der Waals surface area (Å²) in [5.74, 6) is 0. The van der Waals surface area contributed by atoms with Gasteiger partial charge in [0.25, 0.3) is 0 Å². The first kappa shape index (κ1) is 10.7. The molecule has 0 bridgehead atoms. The molecule has 2 rings (SSSR count). The maximum Gasteiger partial charge on any atom is 0.0943 e. The van der Waals surface area contributed by atoms with E-state index in [0.29, 0.717) is 0 Å². The maximum absolute atomic E-state index is 6.05. The molecule has 0 saturated carbocycles. The molecule has 0 spiro atoms. The third-order valence-electron chi connectivity index (χ3n) is 2.05. The van der Waals surface area contributed by atoms with Crippen molar-refractivity contribution in [2.24, 2.45) is 5.73 Å². The predicted molar refractivity (Wildman–Crippen MR) is 64.3 cm³/mol. The molecule has 1 unspecified atom stereocenters. The highest BCUT2D eigenvalue weighted by Crippen LogP contribution is 2.14. The lowest BCUT2D eigenvalue weighted by molar-refractivity contribution is 0.666. The topological polar surface area (TPSA) is 51.8 Å². The summed E-state index contributed by atoms with van der Waals surface area (Å²) in [5.41, 5.74) is 8.98. The Hall–Kier alpha value is -0.780. The minimum atomic E-state index is 0.149. The smallest absolute Gasteiger partial charge is 0.0943 e. The Labute approximate surface area is 97.0 Å². The van der Waals surface area contributed by atoms with E-state index in [2.05, 4.69) is 15.3 Å². The molecule has 0 fully saturated rings. The number of aryl methyl sites for hydroxylation is 1. The summed E-state index contributed by atoms with van der Waals surface area (Å²) in [6, 6.07) is 0.149. The third kappa shape index (κ3) is 3.09. The summed E-state index contributed by atoms with van der Waals surface area (Å²) in [6.07, 6.45) is 3.64. The van der Waals surface area contributed by atoms with Crippen molar-refractivity contribution in [1.82, 2.24) is 9.97 Å². The maximum atomic E-state index is 6.05. The summed E-state index contributed by atoms with van der Waals surface area (Å²) in [5, 5.41) is 3.19. The molecule has 2 aromatic rings. The van der Waals surface area contributed by atoms with Gasteiger partial charge in [-0.2, -0.15) is 0 Å². The molecule has 2 N–H and O–H groups in total. The summed E-state index contributed by atoms with van der Waals surface area (Å²) in [4.78, 5) is 9.69. The quantitative estimate of drug-likeness (QED) is 0.888. The average molecular weight is 239 g/mol. The van der Waals surface area contributed by atoms with Gasteiger partial charge in [0.1, 0.15) is 0 Å². The Kier molecular flexibility index (Phi) is 3.45. The molecular weight excluding hydrogens is 226 g/mol. The molecule has 15 heavy (non-hydrogen) atoms. The molecule has 0 aliphatic rings. The second kappa shape index (κ2) is 4.83. The first-order valence-electron chi connectivity index (χ1n) is 4.78. The van der Waals surface area contributed by atoms with Crippen LogP contribution >= 0.6 is 22.7 Å². The molecule has 0 aliphatic carbocycles. The zero-order valence-corrected chi connectivity index (χ0v) is 10.1. The van der Waals surface area contributed by atoms with E-state index in [1.807, 2.05) is 18.6 Å². The van der Waals surface area contributed by atoms with Crippen molar-refractivity contribution >= 4 is 22.7 Å². The standard InChI is InChI=1S/C10H13N3S2/c1-7-5-14-10(13-7)3-8(11)2-9-4-12-6-15-9/h4-6,8H,2-3,11H2,1H3. The van der Waals surface area contributed by atoms with Crippen LogP contribution in [0.25, 0.3) is 0 Å². The van der Waals surface area contributed by atoms with Crippen LogP contribution in [0.4, 0.5) is 0 Å². The second-order valence-corrected chi connectivity index (χ2v) is 5.43. The first-order valence-corrected chi connectivity index (χ1v) is 6.54. The Bertz CT molecular complexity index is 408. The van der Waals surface area contributed by atoms with Gasteiger partial charge in [0.05, 0.1) is 10.5 Å². The van der Waals surface area contributed by atoms with E-state index in [1.165, 1.54) is 4.88 Å². The normalized spacial score (nSPS) is 12.9. The third-order valence-corrected chi connectivity index (χ3v) is 3.84. The van der Waals surface area contributed by atoms with Crippen LogP contribution in [0.3, 0.4) is 0 Å². The summed E-state index contributed by atoms with van der Waals surface area (Å²) in [7, 11) is 0. The monoisotopic (exact) mass is 239 g/mol. The number of rotatable bonds is 4. The van der Waals surface area contributed by atoms with Crippen molar-refractivity contribution in [3.8, 4) is 0 Å². The van der Waals surface area contributed by atoms with Gasteiger partial charge in [-0.25, -0.2) is 4.98 Å². The van der Waals surface area contributed by atoms with Gasteiger partial charge in [-0.1, -0.05) is 0 Å². The van der Waals surface area contributed by atoms with Crippen LogP contribution in [0.1, 0.15) is 15.6 Å².